The summed E-state index contributed by atoms with van der Waals surface area (Å²) in [6.07, 6.45) is 0. The molecule has 1 aromatic rings. The molecule has 0 aliphatic carbocycles. The maximum Gasteiger partial charge on any atom is 0.128 e. The first-order valence-electron chi connectivity index (χ1n) is 4.89. The molecule has 0 spiro atoms. The van der Waals surface area contributed by atoms with Gasteiger partial charge < -0.3 is 0 Å². The van der Waals surface area contributed by atoms with E-state index in [4.69, 9.17) is 11.6 Å². The summed E-state index contributed by atoms with van der Waals surface area (Å²) in [5, 5.41) is 0. The van der Waals surface area contributed by atoms with Crippen molar-refractivity contribution in [2.45, 2.75) is 13.5 Å². The van der Waals surface area contributed by atoms with Gasteiger partial charge in [0.1, 0.15) is 5.82 Å². The summed E-state index contributed by atoms with van der Waals surface area (Å²) >= 11 is 8.90. The Bertz CT molecular complexity index is 319. The third kappa shape index (κ3) is 4.09. The Kier molecular flexibility index (Phi) is 5.58. The first-order valence-corrected chi connectivity index (χ1v) is 6.22. The quantitative estimate of drug-likeness (QED) is 0.749. The highest BCUT2D eigenvalue weighted by Crippen LogP contribution is 2.16. The van der Waals surface area contributed by atoms with E-state index in [1.807, 2.05) is 13.0 Å². The molecule has 0 saturated heterocycles. The van der Waals surface area contributed by atoms with E-state index < -0.39 is 0 Å². The van der Waals surface area contributed by atoms with E-state index in [2.05, 4.69) is 20.8 Å². The Morgan fingerprint density at radius 2 is 2.20 bits per heavy atom. The first-order chi connectivity index (χ1) is 7.17. The average Bonchev–Trinajstić information content (AvgIpc) is 2.21. The number of alkyl halides is 1. The monoisotopic (exact) mass is 293 g/mol. The lowest BCUT2D eigenvalue weighted by atomic mass is 10.2. The van der Waals surface area contributed by atoms with Gasteiger partial charge in [0.15, 0.2) is 0 Å². The van der Waals surface area contributed by atoms with Crippen LogP contribution in [0.3, 0.4) is 0 Å². The first kappa shape index (κ1) is 12.9. The van der Waals surface area contributed by atoms with Crippen LogP contribution in [0.5, 0.6) is 0 Å². The summed E-state index contributed by atoms with van der Waals surface area (Å²) in [6, 6.07) is 5.15. The van der Waals surface area contributed by atoms with Gasteiger partial charge in [-0.05, 0) is 18.7 Å². The lowest BCUT2D eigenvalue weighted by molar-refractivity contribution is 0.293. The summed E-state index contributed by atoms with van der Waals surface area (Å²) in [6.45, 7) is 4.32. The molecule has 1 rings (SSSR count). The lowest BCUT2D eigenvalue weighted by Gasteiger charge is -2.19. The van der Waals surface area contributed by atoms with Gasteiger partial charge in [-0.15, -0.1) is 11.6 Å². The molecule has 0 radical (unpaired) electrons. The highest BCUT2D eigenvalue weighted by molar-refractivity contribution is 9.10. The van der Waals surface area contributed by atoms with Gasteiger partial charge in [-0.2, -0.15) is 0 Å². The summed E-state index contributed by atoms with van der Waals surface area (Å²) in [5.41, 5.74) is 0.713. The summed E-state index contributed by atoms with van der Waals surface area (Å²) < 4.78 is 14.3. The Labute approximate surface area is 103 Å². The van der Waals surface area contributed by atoms with E-state index in [0.717, 1.165) is 17.6 Å². The maximum atomic E-state index is 13.5. The molecule has 0 saturated carbocycles. The number of hydrogen-bond acceptors (Lipinski definition) is 1. The highest BCUT2D eigenvalue weighted by Gasteiger charge is 2.07. The van der Waals surface area contributed by atoms with Crippen molar-refractivity contribution < 1.29 is 4.39 Å². The summed E-state index contributed by atoms with van der Waals surface area (Å²) in [4.78, 5) is 2.11. The van der Waals surface area contributed by atoms with Gasteiger partial charge in [0.25, 0.3) is 0 Å². The fourth-order valence-electron chi connectivity index (χ4n) is 1.36. The van der Waals surface area contributed by atoms with Crippen LogP contribution in [-0.4, -0.2) is 23.9 Å². The van der Waals surface area contributed by atoms with Crippen LogP contribution in [-0.2, 0) is 6.54 Å². The van der Waals surface area contributed by atoms with Crippen molar-refractivity contribution in [2.24, 2.45) is 0 Å². The molecule has 0 fully saturated rings. The van der Waals surface area contributed by atoms with Crippen LogP contribution in [0.25, 0.3) is 0 Å². The molecule has 1 aromatic carbocycles. The van der Waals surface area contributed by atoms with Gasteiger partial charge in [-0.25, -0.2) is 4.39 Å². The smallest absolute Gasteiger partial charge is 0.128 e. The Balaban J connectivity index is 2.70. The van der Waals surface area contributed by atoms with E-state index in [-0.39, 0.29) is 5.82 Å². The molecule has 4 heteroatoms. The zero-order chi connectivity index (χ0) is 11.3. The zero-order valence-electron chi connectivity index (χ0n) is 8.64. The van der Waals surface area contributed by atoms with Crippen LogP contribution in [0.4, 0.5) is 4.39 Å². The van der Waals surface area contributed by atoms with Crippen LogP contribution >= 0.6 is 27.5 Å². The van der Waals surface area contributed by atoms with Crippen molar-refractivity contribution in [3.63, 3.8) is 0 Å². The molecule has 0 N–H and O–H groups in total. The number of benzene rings is 1. The van der Waals surface area contributed by atoms with E-state index >= 15 is 0 Å². The van der Waals surface area contributed by atoms with Crippen LogP contribution in [0.15, 0.2) is 22.7 Å². The fraction of sp³-hybridized carbons (Fsp3) is 0.455. The molecule has 0 aliphatic heterocycles. The molecular formula is C11H14BrClFN. The lowest BCUT2D eigenvalue weighted by Crippen LogP contribution is -2.25. The van der Waals surface area contributed by atoms with Crippen molar-refractivity contribution in [3.8, 4) is 0 Å². The van der Waals surface area contributed by atoms with Crippen molar-refractivity contribution >= 4 is 27.5 Å². The topological polar surface area (TPSA) is 3.24 Å². The molecule has 1 nitrogen and oxygen atoms in total. The van der Waals surface area contributed by atoms with Gasteiger partial charge in [-0.3, -0.25) is 4.90 Å². The molecule has 0 bridgehead atoms. The molecule has 0 amide bonds. The minimum atomic E-state index is -0.169. The van der Waals surface area contributed by atoms with Crippen molar-refractivity contribution in [1.82, 2.24) is 4.90 Å². The summed E-state index contributed by atoms with van der Waals surface area (Å²) in [7, 11) is 0. The van der Waals surface area contributed by atoms with E-state index in [1.165, 1.54) is 6.07 Å². The van der Waals surface area contributed by atoms with E-state index in [1.54, 1.807) is 6.07 Å². The van der Waals surface area contributed by atoms with Crippen molar-refractivity contribution in [1.29, 1.82) is 0 Å². The number of halogens is 3. The van der Waals surface area contributed by atoms with Crippen LogP contribution in [0.1, 0.15) is 12.5 Å². The number of nitrogens with zero attached hydrogens (tertiary/aromatic N) is 1. The van der Waals surface area contributed by atoms with Crippen LogP contribution < -0.4 is 0 Å². The van der Waals surface area contributed by atoms with Gasteiger partial charge in [0.2, 0.25) is 0 Å². The Hall–Kier alpha value is -0.120. The largest absolute Gasteiger partial charge is 0.298 e. The second kappa shape index (κ2) is 6.46. The Morgan fingerprint density at radius 3 is 2.73 bits per heavy atom. The third-order valence-corrected chi connectivity index (χ3v) is 2.92. The molecule has 0 aromatic heterocycles. The minimum Gasteiger partial charge on any atom is -0.298 e. The second-order valence-corrected chi connectivity index (χ2v) is 4.59. The van der Waals surface area contributed by atoms with Gasteiger partial charge >= 0.3 is 0 Å². The Morgan fingerprint density at radius 1 is 1.47 bits per heavy atom. The molecule has 0 atom stereocenters. The number of hydrogen-bond donors (Lipinski definition) is 0. The van der Waals surface area contributed by atoms with Crippen molar-refractivity contribution in [2.75, 3.05) is 19.0 Å². The van der Waals surface area contributed by atoms with E-state index in [0.29, 0.717) is 18.0 Å². The minimum absolute atomic E-state index is 0.169. The molecular weight excluding hydrogens is 280 g/mol. The van der Waals surface area contributed by atoms with Crippen LogP contribution in [0.2, 0.25) is 0 Å². The molecule has 0 heterocycles. The second-order valence-electron chi connectivity index (χ2n) is 3.29. The standard InChI is InChI=1S/C11H14BrClFN/c1-2-15(6-5-13)8-9-3-4-10(12)7-11(9)14/h3-4,7H,2,5-6,8H2,1H3. The number of rotatable bonds is 5. The van der Waals surface area contributed by atoms with Crippen LogP contribution in [0, 0.1) is 5.82 Å². The predicted molar refractivity (Wildman–Crippen MR) is 65.8 cm³/mol. The fourth-order valence-corrected chi connectivity index (χ4v) is 1.93. The molecule has 0 unspecified atom stereocenters. The van der Waals surface area contributed by atoms with E-state index in [9.17, 15) is 4.39 Å². The van der Waals surface area contributed by atoms with Gasteiger partial charge in [0, 0.05) is 29.0 Å². The normalized spacial score (nSPS) is 11.0. The maximum absolute atomic E-state index is 13.5. The molecule has 0 aliphatic rings. The van der Waals surface area contributed by atoms with Gasteiger partial charge in [-0.1, -0.05) is 28.9 Å². The highest BCUT2D eigenvalue weighted by atomic mass is 79.9. The van der Waals surface area contributed by atoms with Gasteiger partial charge in [0.05, 0.1) is 0 Å². The predicted octanol–water partition coefficient (Wildman–Crippen LogP) is 3.65. The average molecular weight is 295 g/mol. The SMILES string of the molecule is CCN(CCCl)Cc1ccc(Br)cc1F. The molecule has 15 heavy (non-hydrogen) atoms. The summed E-state index contributed by atoms with van der Waals surface area (Å²) in [5.74, 6) is 0.406. The molecule has 84 valence electrons. The van der Waals surface area contributed by atoms with Crippen molar-refractivity contribution in [3.05, 3.63) is 34.1 Å². The third-order valence-electron chi connectivity index (χ3n) is 2.26. The zero-order valence-corrected chi connectivity index (χ0v) is 11.0.